The van der Waals surface area contributed by atoms with Crippen molar-refractivity contribution in [3.63, 3.8) is 0 Å². The van der Waals surface area contributed by atoms with Gasteiger partial charge in [0, 0.05) is 7.05 Å². The number of rotatable bonds is 1. The minimum absolute atomic E-state index is 0.287. The highest BCUT2D eigenvalue weighted by Gasteiger charge is 2.42. The number of nitrogens with two attached hydrogens (primary N) is 1. The zero-order chi connectivity index (χ0) is 10.2. The molecule has 3 nitrogen and oxygen atoms in total. The molecule has 0 atom stereocenters. The van der Waals surface area contributed by atoms with Gasteiger partial charge in [0.2, 0.25) is 0 Å². The van der Waals surface area contributed by atoms with Gasteiger partial charge in [0.25, 0.3) is 0 Å². The fourth-order valence-corrected chi connectivity index (χ4v) is 2.80. The van der Waals surface area contributed by atoms with Gasteiger partial charge in [-0.15, -0.1) is 0 Å². The van der Waals surface area contributed by atoms with Crippen LogP contribution in [-0.4, -0.2) is 30.0 Å². The summed E-state index contributed by atoms with van der Waals surface area (Å²) in [4.78, 5) is 6.57. The van der Waals surface area contributed by atoms with E-state index in [1.54, 1.807) is 0 Å². The predicted molar refractivity (Wildman–Crippen MR) is 59.2 cm³/mol. The SMILES string of the molecule is CCC1CCC2(CC1)CN=C(N)N2C. The van der Waals surface area contributed by atoms with E-state index in [1.807, 2.05) is 0 Å². The number of aliphatic imine (C=N–C) groups is 1. The molecule has 1 heterocycles. The Balaban J connectivity index is 2.01. The van der Waals surface area contributed by atoms with Crippen molar-refractivity contribution in [1.82, 2.24) is 4.90 Å². The van der Waals surface area contributed by atoms with Crippen LogP contribution in [0.3, 0.4) is 0 Å². The maximum Gasteiger partial charge on any atom is 0.191 e. The molecule has 0 aromatic carbocycles. The summed E-state index contributed by atoms with van der Waals surface area (Å²) >= 11 is 0. The number of nitrogens with zero attached hydrogens (tertiary/aromatic N) is 2. The first-order valence-corrected chi connectivity index (χ1v) is 5.72. The minimum Gasteiger partial charge on any atom is -0.370 e. The van der Waals surface area contributed by atoms with Gasteiger partial charge in [0.1, 0.15) is 0 Å². The van der Waals surface area contributed by atoms with Crippen molar-refractivity contribution in [2.45, 2.75) is 44.6 Å². The molecule has 1 aliphatic carbocycles. The largest absolute Gasteiger partial charge is 0.370 e. The van der Waals surface area contributed by atoms with Crippen molar-refractivity contribution < 1.29 is 0 Å². The van der Waals surface area contributed by atoms with Crippen molar-refractivity contribution >= 4 is 5.96 Å². The third-order valence-electron chi connectivity index (χ3n) is 4.20. The number of hydrogen-bond donors (Lipinski definition) is 1. The Morgan fingerprint density at radius 1 is 1.50 bits per heavy atom. The summed E-state index contributed by atoms with van der Waals surface area (Å²) in [6.45, 7) is 3.22. The summed E-state index contributed by atoms with van der Waals surface area (Å²) in [7, 11) is 2.10. The first kappa shape index (κ1) is 9.81. The van der Waals surface area contributed by atoms with Crippen molar-refractivity contribution in [1.29, 1.82) is 0 Å². The third-order valence-corrected chi connectivity index (χ3v) is 4.20. The molecule has 0 saturated heterocycles. The van der Waals surface area contributed by atoms with Crippen LogP contribution in [0.25, 0.3) is 0 Å². The minimum atomic E-state index is 0.287. The smallest absolute Gasteiger partial charge is 0.191 e. The molecule has 1 fully saturated rings. The van der Waals surface area contributed by atoms with Gasteiger partial charge in [0.05, 0.1) is 12.1 Å². The van der Waals surface area contributed by atoms with Crippen molar-refractivity contribution in [2.75, 3.05) is 13.6 Å². The van der Waals surface area contributed by atoms with Crippen LogP contribution in [0.1, 0.15) is 39.0 Å². The molecule has 80 valence electrons. The van der Waals surface area contributed by atoms with Crippen LogP contribution in [0, 0.1) is 5.92 Å². The van der Waals surface area contributed by atoms with Crippen LogP contribution in [0.5, 0.6) is 0 Å². The highest BCUT2D eigenvalue weighted by molar-refractivity contribution is 5.80. The lowest BCUT2D eigenvalue weighted by atomic mass is 9.75. The zero-order valence-corrected chi connectivity index (χ0v) is 9.29. The number of guanidine groups is 1. The fourth-order valence-electron chi connectivity index (χ4n) is 2.80. The summed E-state index contributed by atoms with van der Waals surface area (Å²) < 4.78 is 0. The van der Waals surface area contributed by atoms with Crippen LogP contribution in [0.4, 0.5) is 0 Å². The second kappa shape index (κ2) is 3.44. The number of hydrogen-bond acceptors (Lipinski definition) is 3. The Bertz CT molecular complexity index is 239. The van der Waals surface area contributed by atoms with Crippen molar-refractivity contribution in [3.8, 4) is 0 Å². The lowest BCUT2D eigenvalue weighted by Crippen LogP contribution is -2.51. The van der Waals surface area contributed by atoms with Crippen LogP contribution < -0.4 is 5.73 Å². The number of likely N-dealkylation sites (N-methyl/N-ethyl adjacent to an activating group) is 1. The highest BCUT2D eigenvalue weighted by Crippen LogP contribution is 2.39. The Morgan fingerprint density at radius 3 is 2.57 bits per heavy atom. The standard InChI is InChI=1S/C11H21N3/c1-3-9-4-6-11(7-5-9)8-13-10(12)14(11)2/h9H,3-8H2,1-2H3,(H2,12,13). The molecule has 2 N–H and O–H groups in total. The van der Waals surface area contributed by atoms with Gasteiger partial charge in [0.15, 0.2) is 5.96 Å². The lowest BCUT2D eigenvalue weighted by molar-refractivity contribution is 0.134. The Morgan fingerprint density at radius 2 is 2.14 bits per heavy atom. The van der Waals surface area contributed by atoms with Crippen molar-refractivity contribution in [3.05, 3.63) is 0 Å². The predicted octanol–water partition coefficient (Wildman–Crippen LogP) is 1.59. The monoisotopic (exact) mass is 195 g/mol. The van der Waals surface area contributed by atoms with Gasteiger partial charge in [-0.1, -0.05) is 13.3 Å². The maximum atomic E-state index is 5.83. The summed E-state index contributed by atoms with van der Waals surface area (Å²) in [5.74, 6) is 1.68. The van der Waals surface area contributed by atoms with E-state index < -0.39 is 0 Å². The average molecular weight is 195 g/mol. The molecular formula is C11H21N3. The van der Waals surface area contributed by atoms with Crippen molar-refractivity contribution in [2.24, 2.45) is 16.6 Å². The van der Waals surface area contributed by atoms with E-state index in [0.717, 1.165) is 18.4 Å². The second-order valence-electron chi connectivity index (χ2n) is 4.81. The molecule has 1 spiro atoms. The summed E-state index contributed by atoms with van der Waals surface area (Å²) in [6, 6.07) is 0. The van der Waals surface area contributed by atoms with Gasteiger partial charge >= 0.3 is 0 Å². The molecule has 0 aromatic rings. The molecule has 14 heavy (non-hydrogen) atoms. The molecule has 0 unspecified atom stereocenters. The molecule has 0 bridgehead atoms. The Kier molecular flexibility index (Phi) is 2.41. The van der Waals surface area contributed by atoms with Gasteiger partial charge in [-0.3, -0.25) is 4.99 Å². The molecule has 2 aliphatic rings. The van der Waals surface area contributed by atoms with E-state index in [1.165, 1.54) is 32.1 Å². The Hall–Kier alpha value is -0.730. The van der Waals surface area contributed by atoms with Crippen LogP contribution in [0.15, 0.2) is 4.99 Å². The maximum absolute atomic E-state index is 5.83. The first-order valence-electron chi connectivity index (χ1n) is 5.72. The highest BCUT2D eigenvalue weighted by atomic mass is 15.3. The van der Waals surface area contributed by atoms with Gasteiger partial charge in [-0.2, -0.15) is 0 Å². The van der Waals surface area contributed by atoms with Crippen LogP contribution >= 0.6 is 0 Å². The quantitative estimate of drug-likeness (QED) is 0.690. The van der Waals surface area contributed by atoms with Gasteiger partial charge in [-0.25, -0.2) is 0 Å². The lowest BCUT2D eigenvalue weighted by Gasteiger charge is -2.42. The van der Waals surface area contributed by atoms with Crippen LogP contribution in [0.2, 0.25) is 0 Å². The third kappa shape index (κ3) is 1.39. The van der Waals surface area contributed by atoms with E-state index in [2.05, 4.69) is 23.9 Å². The summed E-state index contributed by atoms with van der Waals surface area (Å²) in [5, 5.41) is 0. The molecule has 0 aromatic heterocycles. The molecule has 1 aliphatic heterocycles. The van der Waals surface area contributed by atoms with E-state index in [9.17, 15) is 0 Å². The summed E-state index contributed by atoms with van der Waals surface area (Å²) in [6.07, 6.45) is 6.57. The molecular weight excluding hydrogens is 174 g/mol. The second-order valence-corrected chi connectivity index (χ2v) is 4.81. The van der Waals surface area contributed by atoms with E-state index >= 15 is 0 Å². The molecule has 2 rings (SSSR count). The van der Waals surface area contributed by atoms with Gasteiger partial charge in [-0.05, 0) is 31.6 Å². The molecule has 0 radical (unpaired) electrons. The fraction of sp³-hybridized carbons (Fsp3) is 0.909. The molecule has 3 heteroatoms. The molecule has 0 amide bonds. The topological polar surface area (TPSA) is 41.6 Å². The zero-order valence-electron chi connectivity index (χ0n) is 9.29. The normalized spacial score (nSPS) is 37.7. The first-order chi connectivity index (χ1) is 6.68. The van der Waals surface area contributed by atoms with E-state index in [-0.39, 0.29) is 5.54 Å². The molecule has 1 saturated carbocycles. The van der Waals surface area contributed by atoms with Gasteiger partial charge < -0.3 is 10.6 Å². The summed E-state index contributed by atoms with van der Waals surface area (Å²) in [5.41, 5.74) is 6.11. The van der Waals surface area contributed by atoms with E-state index in [0.29, 0.717) is 0 Å². The average Bonchev–Trinajstić information content (AvgIpc) is 2.49. The van der Waals surface area contributed by atoms with E-state index in [4.69, 9.17) is 5.73 Å². The van der Waals surface area contributed by atoms with Crippen LogP contribution in [-0.2, 0) is 0 Å². The Labute approximate surface area is 86.4 Å².